The van der Waals surface area contributed by atoms with Gasteiger partial charge in [-0.1, -0.05) is 17.7 Å². The topological polar surface area (TPSA) is 30.7 Å². The lowest BCUT2D eigenvalue weighted by atomic mass is 10.3. The van der Waals surface area contributed by atoms with Gasteiger partial charge < -0.3 is 4.57 Å². The van der Waals surface area contributed by atoms with Gasteiger partial charge in [0.05, 0.1) is 22.6 Å². The molecule has 6 heteroatoms. The molecule has 0 aliphatic rings. The third-order valence-corrected chi connectivity index (χ3v) is 4.52. The maximum absolute atomic E-state index is 6.34. The summed E-state index contributed by atoms with van der Waals surface area (Å²) in [4.78, 5) is 9.15. The Morgan fingerprint density at radius 1 is 1.30 bits per heavy atom. The molecule has 0 saturated carbocycles. The first-order chi connectivity index (χ1) is 9.69. The Hall–Kier alpha value is -1.10. The van der Waals surface area contributed by atoms with Gasteiger partial charge in [-0.3, -0.25) is 0 Å². The van der Waals surface area contributed by atoms with Gasteiger partial charge >= 0.3 is 0 Å². The van der Waals surface area contributed by atoms with E-state index in [2.05, 4.69) is 19.9 Å². The Kier molecular flexibility index (Phi) is 3.96. The van der Waals surface area contributed by atoms with Crippen LogP contribution in [-0.4, -0.2) is 20.4 Å². The predicted molar refractivity (Wildman–Crippen MR) is 85.1 cm³/mol. The number of fused-ring (bicyclic) bond motifs is 1. The zero-order valence-electron chi connectivity index (χ0n) is 10.9. The molecule has 0 aliphatic carbocycles. The molecule has 2 aromatic heterocycles. The number of hydrogen-bond donors (Lipinski definition) is 0. The first kappa shape index (κ1) is 13.9. The van der Waals surface area contributed by atoms with E-state index in [1.54, 1.807) is 11.3 Å². The number of halogens is 2. The van der Waals surface area contributed by atoms with Gasteiger partial charge in [-0.05, 0) is 19.1 Å². The van der Waals surface area contributed by atoms with E-state index in [4.69, 9.17) is 23.2 Å². The average molecular weight is 326 g/mol. The van der Waals surface area contributed by atoms with Crippen molar-refractivity contribution in [2.24, 2.45) is 0 Å². The summed E-state index contributed by atoms with van der Waals surface area (Å²) < 4.78 is 2.12. The number of para-hydroxylation sites is 1. The van der Waals surface area contributed by atoms with Crippen molar-refractivity contribution < 1.29 is 0 Å². The molecule has 0 spiro atoms. The fourth-order valence-corrected chi connectivity index (χ4v) is 3.45. The van der Waals surface area contributed by atoms with Crippen LogP contribution in [0, 0.1) is 6.92 Å². The fourth-order valence-electron chi connectivity index (χ4n) is 2.25. The number of nitrogens with zero attached hydrogens (tertiary/aromatic N) is 3. The summed E-state index contributed by atoms with van der Waals surface area (Å²) in [5.74, 6) is 1.49. The fraction of sp³-hybridized carbons (Fsp3) is 0.286. The minimum Gasteiger partial charge on any atom is -0.320 e. The summed E-state index contributed by atoms with van der Waals surface area (Å²) in [5.41, 5.74) is 2.91. The largest absolute Gasteiger partial charge is 0.320 e. The second-order valence-electron chi connectivity index (χ2n) is 4.54. The van der Waals surface area contributed by atoms with Crippen LogP contribution >= 0.6 is 34.5 Å². The molecule has 0 N–H and O–H groups in total. The second-order valence-corrected chi connectivity index (χ2v) is 6.27. The van der Waals surface area contributed by atoms with Gasteiger partial charge in [0.2, 0.25) is 0 Å². The number of thiazole rings is 1. The number of benzene rings is 1. The maximum Gasteiger partial charge on any atom is 0.113 e. The van der Waals surface area contributed by atoms with E-state index in [0.717, 1.165) is 34.0 Å². The number of rotatable bonds is 4. The molecular weight excluding hydrogens is 313 g/mol. The van der Waals surface area contributed by atoms with Crippen molar-refractivity contribution in [1.82, 2.24) is 14.5 Å². The second kappa shape index (κ2) is 5.72. The number of aryl methyl sites for hydroxylation is 2. The van der Waals surface area contributed by atoms with Crippen LogP contribution in [0.1, 0.15) is 16.5 Å². The van der Waals surface area contributed by atoms with Gasteiger partial charge in [0.1, 0.15) is 10.8 Å². The van der Waals surface area contributed by atoms with Crippen molar-refractivity contribution >= 4 is 45.6 Å². The summed E-state index contributed by atoms with van der Waals surface area (Å²) in [6.07, 6.45) is 0.719. The third kappa shape index (κ3) is 2.55. The minimum atomic E-state index is 0.540. The van der Waals surface area contributed by atoms with E-state index in [0.29, 0.717) is 17.4 Å². The smallest absolute Gasteiger partial charge is 0.113 e. The van der Waals surface area contributed by atoms with Crippen molar-refractivity contribution in [3.05, 3.63) is 45.1 Å². The van der Waals surface area contributed by atoms with Crippen molar-refractivity contribution in [2.75, 3.05) is 5.88 Å². The highest BCUT2D eigenvalue weighted by Gasteiger charge is 2.14. The monoisotopic (exact) mass is 325 g/mol. The van der Waals surface area contributed by atoms with E-state index in [1.165, 1.54) is 0 Å². The Morgan fingerprint density at radius 2 is 2.15 bits per heavy atom. The Bertz CT molecular complexity index is 748. The summed E-state index contributed by atoms with van der Waals surface area (Å²) in [6, 6.07) is 5.78. The maximum atomic E-state index is 6.34. The lowest BCUT2D eigenvalue weighted by Crippen LogP contribution is -2.06. The van der Waals surface area contributed by atoms with Crippen LogP contribution in [0.3, 0.4) is 0 Å². The van der Waals surface area contributed by atoms with Crippen LogP contribution in [0.2, 0.25) is 5.02 Å². The molecule has 0 aliphatic heterocycles. The van der Waals surface area contributed by atoms with Gasteiger partial charge in [-0.25, -0.2) is 9.97 Å². The number of imidazole rings is 1. The predicted octanol–water partition coefficient (Wildman–Crippen LogP) is 4.28. The molecule has 0 unspecified atom stereocenters. The highest BCUT2D eigenvalue weighted by atomic mass is 35.5. The summed E-state index contributed by atoms with van der Waals surface area (Å²) in [7, 11) is 0. The normalized spacial score (nSPS) is 11.3. The number of hydrogen-bond acceptors (Lipinski definition) is 3. The molecule has 20 heavy (non-hydrogen) atoms. The SMILES string of the molecule is Cc1csc(Cn2c(CCCl)nc3cccc(Cl)c32)n1. The molecule has 0 atom stereocenters. The minimum absolute atomic E-state index is 0.540. The Balaban J connectivity index is 2.12. The highest BCUT2D eigenvalue weighted by Crippen LogP contribution is 2.26. The Labute approximate surface area is 131 Å². The van der Waals surface area contributed by atoms with Crippen molar-refractivity contribution in [1.29, 1.82) is 0 Å². The third-order valence-electron chi connectivity index (χ3n) is 3.07. The van der Waals surface area contributed by atoms with Crippen molar-refractivity contribution in [2.45, 2.75) is 19.9 Å². The van der Waals surface area contributed by atoms with Crippen LogP contribution in [0.25, 0.3) is 11.0 Å². The standard InChI is InChI=1S/C14H13Cl2N3S/c1-9-8-20-13(17-9)7-19-12(5-6-15)18-11-4-2-3-10(16)14(11)19/h2-4,8H,5-7H2,1H3. The molecule has 3 rings (SSSR count). The Morgan fingerprint density at radius 3 is 2.85 bits per heavy atom. The molecule has 3 nitrogen and oxygen atoms in total. The van der Waals surface area contributed by atoms with E-state index in [9.17, 15) is 0 Å². The van der Waals surface area contributed by atoms with Gasteiger partial charge in [0.25, 0.3) is 0 Å². The van der Waals surface area contributed by atoms with Crippen LogP contribution < -0.4 is 0 Å². The number of aromatic nitrogens is 3. The summed E-state index contributed by atoms with van der Waals surface area (Å²) in [6.45, 7) is 2.68. The zero-order valence-corrected chi connectivity index (χ0v) is 13.3. The summed E-state index contributed by atoms with van der Waals surface area (Å²) >= 11 is 13.9. The molecule has 0 bridgehead atoms. The molecule has 1 aromatic carbocycles. The van der Waals surface area contributed by atoms with E-state index in [1.807, 2.05) is 25.1 Å². The van der Waals surface area contributed by atoms with E-state index in [-0.39, 0.29) is 0 Å². The van der Waals surface area contributed by atoms with Gasteiger partial charge in [0, 0.05) is 23.4 Å². The molecule has 2 heterocycles. The van der Waals surface area contributed by atoms with Crippen molar-refractivity contribution in [3.8, 4) is 0 Å². The quantitative estimate of drug-likeness (QED) is 0.670. The molecule has 0 amide bonds. The molecule has 0 radical (unpaired) electrons. The van der Waals surface area contributed by atoms with Crippen molar-refractivity contribution in [3.63, 3.8) is 0 Å². The van der Waals surface area contributed by atoms with Crippen LogP contribution in [0.15, 0.2) is 23.6 Å². The first-order valence-corrected chi connectivity index (χ1v) is 8.09. The molecule has 104 valence electrons. The van der Waals surface area contributed by atoms with Gasteiger partial charge in [0.15, 0.2) is 0 Å². The van der Waals surface area contributed by atoms with E-state index >= 15 is 0 Å². The van der Waals surface area contributed by atoms with Crippen LogP contribution in [0.4, 0.5) is 0 Å². The summed E-state index contributed by atoms with van der Waals surface area (Å²) in [5, 5.41) is 3.82. The number of alkyl halides is 1. The molecule has 0 saturated heterocycles. The zero-order chi connectivity index (χ0) is 14.1. The highest BCUT2D eigenvalue weighted by molar-refractivity contribution is 7.09. The lowest BCUT2D eigenvalue weighted by molar-refractivity contribution is 0.748. The first-order valence-electron chi connectivity index (χ1n) is 6.29. The molecular formula is C14H13Cl2N3S. The van der Waals surface area contributed by atoms with Crippen LogP contribution in [0.5, 0.6) is 0 Å². The van der Waals surface area contributed by atoms with E-state index < -0.39 is 0 Å². The van der Waals surface area contributed by atoms with Crippen LogP contribution in [-0.2, 0) is 13.0 Å². The van der Waals surface area contributed by atoms with Gasteiger partial charge in [-0.2, -0.15) is 0 Å². The average Bonchev–Trinajstić information content (AvgIpc) is 2.96. The molecule has 0 fully saturated rings. The molecule has 3 aromatic rings. The lowest BCUT2D eigenvalue weighted by Gasteiger charge is -2.07. The van der Waals surface area contributed by atoms with Gasteiger partial charge in [-0.15, -0.1) is 22.9 Å².